The Balaban J connectivity index is 0.695. The highest BCUT2D eigenvalue weighted by atomic mass is 15.2. The van der Waals surface area contributed by atoms with E-state index in [1.807, 2.05) is 12.4 Å². The van der Waals surface area contributed by atoms with E-state index in [1.165, 1.54) is 111 Å². The van der Waals surface area contributed by atoms with Crippen molar-refractivity contribution in [3.05, 3.63) is 280 Å². The van der Waals surface area contributed by atoms with Crippen molar-refractivity contribution in [3.8, 4) is 33.4 Å². The molecule has 11 aromatic rings. The number of nitrogens with two attached hydrogens (primary N) is 1. The minimum absolute atomic E-state index is 0.174. The van der Waals surface area contributed by atoms with E-state index in [0.717, 1.165) is 41.4 Å². The Hall–Kier alpha value is -9.91. The highest BCUT2D eigenvalue weighted by Gasteiger charge is 2.39. The predicted octanol–water partition coefficient (Wildman–Crippen LogP) is 20.3. The molecule has 6 heteroatoms. The first-order chi connectivity index (χ1) is 41.3. The van der Waals surface area contributed by atoms with E-state index >= 15 is 0 Å². The lowest BCUT2D eigenvalue weighted by molar-refractivity contribution is 0.660. The molecule has 2 N–H and O–H groups in total. The Kier molecular flexibility index (Phi) is 13.0. The van der Waals surface area contributed by atoms with E-state index in [-0.39, 0.29) is 16.2 Å². The maximum atomic E-state index is 6.39. The standard InChI is InChI=1S/C79H68N6/c1-8-9-38-82-75(49-80)84(59-28-26-55-14-10-12-16-57(55)45-59)61-30-36-67-65-34-24-53(43-71(65)78(4,5)73(67)47-61)20-18-51-22-32-63-64-33-23-52(42-70(64)77(2,3)69(63)41-51)19-21-54-25-35-66-68-37-31-62(48-74(68)79(6,7)72(66)44-54)85(76-50-81-39-40-83-76)60-29-27-56-15-11-13-17-58(56)46-60/h10-50H,8-9,80H2,1-7H3/b20-18+,21-19+,75-49+,82-38?. The van der Waals surface area contributed by atoms with Gasteiger partial charge in [0.05, 0.1) is 6.20 Å². The molecule has 1 aromatic heterocycles. The third kappa shape index (κ3) is 9.15. The van der Waals surface area contributed by atoms with Crippen LogP contribution in [0.1, 0.15) is 117 Å². The van der Waals surface area contributed by atoms with Crippen LogP contribution < -0.4 is 15.5 Å². The number of unbranched alkanes of at least 4 members (excludes halogenated alkanes) is 1. The van der Waals surface area contributed by atoms with Crippen LogP contribution in [-0.4, -0.2) is 16.2 Å². The zero-order chi connectivity index (χ0) is 58.2. The molecule has 0 aliphatic heterocycles. The summed E-state index contributed by atoms with van der Waals surface area (Å²) in [5.74, 6) is 1.47. The van der Waals surface area contributed by atoms with Crippen LogP contribution in [0.2, 0.25) is 0 Å². The van der Waals surface area contributed by atoms with Crippen molar-refractivity contribution < 1.29 is 0 Å². The molecule has 0 fully saturated rings. The fraction of sp³-hybridized carbons (Fsp3) is 0.152. The van der Waals surface area contributed by atoms with Crippen LogP contribution in [0.15, 0.2) is 230 Å². The van der Waals surface area contributed by atoms with Gasteiger partial charge in [0.1, 0.15) is 0 Å². The Bertz CT molecular complexity index is 4610. The Morgan fingerprint density at radius 1 is 0.435 bits per heavy atom. The number of benzene rings is 10. The quantitative estimate of drug-likeness (QED) is 0.0920. The average molecular weight is 1100 g/mol. The SMILES string of the molecule is CCCC=N/C(=C\N)N(c1ccc2c(c1)C(C)(C)c1cc(/C=C/c3ccc4c(c3)C(C)(C)c3cc(/C=C/c5ccc6c(c5)C(C)(C)c5cc(N(c7ccc8ccccc8c7)c7cnccn7)ccc5-6)ccc3-4)ccc1-2)c1ccc2ccccc2c1. The molecule has 3 aliphatic rings. The third-order valence-electron chi connectivity index (χ3n) is 18.3. The number of anilines is 5. The Labute approximate surface area is 499 Å². The molecule has 0 saturated carbocycles. The molecular formula is C79H68N6. The molecule has 3 aliphatic carbocycles. The van der Waals surface area contributed by atoms with Gasteiger partial charge in [0.2, 0.25) is 0 Å². The van der Waals surface area contributed by atoms with Gasteiger partial charge in [0.15, 0.2) is 11.6 Å². The molecule has 85 heavy (non-hydrogen) atoms. The second kappa shape index (κ2) is 20.8. The molecule has 414 valence electrons. The summed E-state index contributed by atoms with van der Waals surface area (Å²) < 4.78 is 0. The monoisotopic (exact) mass is 1100 g/mol. The molecular weight excluding hydrogens is 1030 g/mol. The second-order valence-electron chi connectivity index (χ2n) is 24.6. The van der Waals surface area contributed by atoms with Crippen LogP contribution in [-0.2, 0) is 16.2 Å². The number of rotatable bonds is 13. The number of hydrogen-bond donors (Lipinski definition) is 1. The number of hydrogen-bond acceptors (Lipinski definition) is 6. The van der Waals surface area contributed by atoms with Crippen molar-refractivity contribution in [1.82, 2.24) is 9.97 Å². The van der Waals surface area contributed by atoms with E-state index in [9.17, 15) is 0 Å². The molecule has 0 amide bonds. The van der Waals surface area contributed by atoms with E-state index in [0.29, 0.717) is 5.82 Å². The van der Waals surface area contributed by atoms with E-state index in [2.05, 4.69) is 282 Å². The number of aliphatic imine (C=N–C) groups is 1. The summed E-state index contributed by atoms with van der Waals surface area (Å²) in [6.07, 6.45) is 19.9. The van der Waals surface area contributed by atoms with Crippen LogP contribution in [0, 0.1) is 0 Å². The first-order valence-electron chi connectivity index (χ1n) is 29.8. The first kappa shape index (κ1) is 53.1. The van der Waals surface area contributed by atoms with Crippen LogP contribution >= 0.6 is 0 Å². The summed E-state index contributed by atoms with van der Waals surface area (Å²) in [6, 6.07) is 71.7. The molecule has 0 bridgehead atoms. The van der Waals surface area contributed by atoms with Gasteiger partial charge in [-0.15, -0.1) is 0 Å². The molecule has 10 aromatic carbocycles. The van der Waals surface area contributed by atoms with Crippen molar-refractivity contribution in [3.63, 3.8) is 0 Å². The van der Waals surface area contributed by atoms with Gasteiger partial charge in [-0.1, -0.05) is 225 Å². The minimum atomic E-state index is -0.242. The van der Waals surface area contributed by atoms with Crippen molar-refractivity contribution in [2.24, 2.45) is 10.7 Å². The van der Waals surface area contributed by atoms with Crippen molar-refractivity contribution >= 4 is 80.6 Å². The summed E-state index contributed by atoms with van der Waals surface area (Å²) in [4.78, 5) is 18.6. The van der Waals surface area contributed by atoms with E-state index < -0.39 is 0 Å². The zero-order valence-electron chi connectivity index (χ0n) is 49.4. The van der Waals surface area contributed by atoms with Crippen LogP contribution in [0.3, 0.4) is 0 Å². The van der Waals surface area contributed by atoms with Crippen LogP contribution in [0.25, 0.3) is 79.2 Å². The summed E-state index contributed by atoms with van der Waals surface area (Å²) in [7, 11) is 0. The zero-order valence-corrected chi connectivity index (χ0v) is 49.4. The molecule has 6 nitrogen and oxygen atoms in total. The summed E-state index contributed by atoms with van der Waals surface area (Å²) >= 11 is 0. The smallest absolute Gasteiger partial charge is 0.156 e. The van der Waals surface area contributed by atoms with Gasteiger partial charge >= 0.3 is 0 Å². The third-order valence-corrected chi connectivity index (χ3v) is 18.3. The molecule has 0 radical (unpaired) electrons. The number of fused-ring (bicyclic) bond motifs is 11. The fourth-order valence-electron chi connectivity index (χ4n) is 13.7. The van der Waals surface area contributed by atoms with Gasteiger partial charge in [0, 0.05) is 63.8 Å². The molecule has 0 saturated heterocycles. The fourth-order valence-corrected chi connectivity index (χ4v) is 13.7. The maximum Gasteiger partial charge on any atom is 0.156 e. The first-order valence-corrected chi connectivity index (χ1v) is 29.8. The largest absolute Gasteiger partial charge is 0.402 e. The highest BCUT2D eigenvalue weighted by molar-refractivity contribution is 5.93. The van der Waals surface area contributed by atoms with Crippen LogP contribution in [0.5, 0.6) is 0 Å². The van der Waals surface area contributed by atoms with E-state index in [1.54, 1.807) is 18.6 Å². The topological polar surface area (TPSA) is 70.6 Å². The van der Waals surface area contributed by atoms with Crippen molar-refractivity contribution in [1.29, 1.82) is 0 Å². The van der Waals surface area contributed by atoms with Gasteiger partial charge in [-0.25, -0.2) is 9.98 Å². The number of aromatic nitrogens is 2. The van der Waals surface area contributed by atoms with Crippen molar-refractivity contribution in [2.75, 3.05) is 9.80 Å². The van der Waals surface area contributed by atoms with Crippen LogP contribution in [0.4, 0.5) is 28.6 Å². The number of nitrogens with zero attached hydrogens (tertiary/aromatic N) is 5. The normalized spacial score (nSPS) is 14.9. The lowest BCUT2D eigenvalue weighted by atomic mass is 9.81. The lowest BCUT2D eigenvalue weighted by Crippen LogP contribution is -2.19. The van der Waals surface area contributed by atoms with Gasteiger partial charge in [0.25, 0.3) is 0 Å². The van der Waals surface area contributed by atoms with E-state index in [4.69, 9.17) is 15.7 Å². The second-order valence-corrected chi connectivity index (χ2v) is 24.6. The Morgan fingerprint density at radius 2 is 0.812 bits per heavy atom. The summed E-state index contributed by atoms with van der Waals surface area (Å²) in [5.41, 5.74) is 30.3. The van der Waals surface area contributed by atoms with Gasteiger partial charge in [-0.2, -0.15) is 0 Å². The highest BCUT2D eigenvalue weighted by Crippen LogP contribution is 2.54. The molecule has 0 atom stereocenters. The van der Waals surface area contributed by atoms with Crippen molar-refractivity contribution in [2.45, 2.75) is 77.6 Å². The molecule has 14 rings (SSSR count). The molecule has 1 heterocycles. The summed E-state index contributed by atoms with van der Waals surface area (Å²) in [5, 5.41) is 4.75. The van der Waals surface area contributed by atoms with Gasteiger partial charge < -0.3 is 5.73 Å². The average Bonchev–Trinajstić information content (AvgIpc) is 1.99. The van der Waals surface area contributed by atoms with Gasteiger partial charge in [-0.3, -0.25) is 14.8 Å². The molecule has 0 spiro atoms. The molecule has 0 unspecified atom stereocenters. The maximum absolute atomic E-state index is 6.39. The lowest BCUT2D eigenvalue weighted by Gasteiger charge is -2.28. The Morgan fingerprint density at radius 3 is 1.26 bits per heavy atom. The minimum Gasteiger partial charge on any atom is -0.402 e. The van der Waals surface area contributed by atoms with Gasteiger partial charge in [-0.05, 0) is 166 Å². The summed E-state index contributed by atoms with van der Waals surface area (Å²) in [6.45, 7) is 16.3. The predicted molar refractivity (Wildman–Crippen MR) is 359 cm³/mol.